The molecule has 12 heteroatoms. The minimum atomic E-state index is -1.23. The Kier molecular flexibility index (Phi) is 10.1. The zero-order chi connectivity index (χ0) is 23.0. The number of amides is 3. The summed E-state index contributed by atoms with van der Waals surface area (Å²) in [7, 11) is 0. The molecule has 0 radical (unpaired) electrons. The zero-order valence-corrected chi connectivity index (χ0v) is 17.9. The van der Waals surface area contributed by atoms with Crippen molar-refractivity contribution in [2.24, 2.45) is 11.7 Å². The number of carboxylic acids is 2. The molecule has 170 valence electrons. The average molecular weight is 447 g/mol. The molecule has 4 unspecified atom stereocenters. The molecule has 1 aliphatic rings. The number of nitrogens with one attached hydrogen (secondary N) is 2. The first-order valence-corrected chi connectivity index (χ1v) is 10.3. The van der Waals surface area contributed by atoms with E-state index in [1.54, 1.807) is 13.8 Å². The van der Waals surface area contributed by atoms with Crippen molar-refractivity contribution in [1.29, 1.82) is 0 Å². The lowest BCUT2D eigenvalue weighted by atomic mass is 10.0. The van der Waals surface area contributed by atoms with E-state index in [1.165, 1.54) is 0 Å². The molecule has 1 fully saturated rings. The van der Waals surface area contributed by atoms with Crippen molar-refractivity contribution in [3.8, 4) is 0 Å². The highest BCUT2D eigenvalue weighted by atomic mass is 32.1. The smallest absolute Gasteiger partial charge is 0.326 e. The molecule has 4 atom stereocenters. The SMILES string of the molecule is CC(C)C(NC(=O)C(N)CS)C(=O)NC(CCC(=O)O)C(=O)N1CCCC1C(=O)O. The van der Waals surface area contributed by atoms with Crippen molar-refractivity contribution in [2.45, 2.75) is 63.7 Å². The first kappa shape index (κ1) is 25.7. The second kappa shape index (κ2) is 11.7. The Balaban J connectivity index is 2.99. The molecule has 0 saturated carbocycles. The van der Waals surface area contributed by atoms with Crippen LogP contribution in [0, 0.1) is 5.92 Å². The third kappa shape index (κ3) is 7.17. The fraction of sp³-hybridized carbons (Fsp3) is 0.722. The summed E-state index contributed by atoms with van der Waals surface area (Å²) in [5.74, 6) is -4.52. The van der Waals surface area contributed by atoms with E-state index in [0.29, 0.717) is 6.42 Å². The van der Waals surface area contributed by atoms with Crippen LogP contribution in [0.15, 0.2) is 0 Å². The first-order chi connectivity index (χ1) is 14.0. The van der Waals surface area contributed by atoms with E-state index in [1.807, 2.05) is 0 Å². The van der Waals surface area contributed by atoms with Gasteiger partial charge < -0.3 is 31.5 Å². The first-order valence-electron chi connectivity index (χ1n) is 9.71. The van der Waals surface area contributed by atoms with Crippen LogP contribution in [0.1, 0.15) is 39.5 Å². The third-order valence-corrected chi connectivity index (χ3v) is 5.26. The zero-order valence-electron chi connectivity index (χ0n) is 17.0. The quantitative estimate of drug-likeness (QED) is 0.214. The summed E-state index contributed by atoms with van der Waals surface area (Å²) >= 11 is 3.94. The molecule has 0 bridgehead atoms. The van der Waals surface area contributed by atoms with Gasteiger partial charge in [-0.1, -0.05) is 13.8 Å². The molecule has 1 heterocycles. The van der Waals surface area contributed by atoms with Crippen molar-refractivity contribution in [3.63, 3.8) is 0 Å². The largest absolute Gasteiger partial charge is 0.481 e. The normalized spacial score (nSPS) is 19.1. The van der Waals surface area contributed by atoms with Crippen molar-refractivity contribution in [2.75, 3.05) is 12.3 Å². The van der Waals surface area contributed by atoms with Crippen LogP contribution < -0.4 is 16.4 Å². The van der Waals surface area contributed by atoms with Gasteiger partial charge in [-0.15, -0.1) is 0 Å². The van der Waals surface area contributed by atoms with E-state index in [0.717, 1.165) is 4.90 Å². The molecule has 0 aliphatic carbocycles. The minimum Gasteiger partial charge on any atom is -0.481 e. The van der Waals surface area contributed by atoms with Crippen molar-refractivity contribution in [3.05, 3.63) is 0 Å². The number of hydrogen-bond acceptors (Lipinski definition) is 7. The maximum atomic E-state index is 12.9. The predicted molar refractivity (Wildman–Crippen MR) is 110 cm³/mol. The van der Waals surface area contributed by atoms with Crippen LogP contribution in [-0.2, 0) is 24.0 Å². The molecule has 0 aromatic rings. The van der Waals surface area contributed by atoms with Gasteiger partial charge in [0.15, 0.2) is 0 Å². The standard InChI is InChI=1S/C18H30N4O7S/c1-9(2)14(21-15(25)10(19)8-30)16(26)20-11(5-6-13(23)24)17(27)22-7-3-4-12(22)18(28)29/h9-12,14,30H,3-8,19H2,1-2H3,(H,20,26)(H,21,25)(H,23,24)(H,28,29). The highest BCUT2D eigenvalue weighted by Gasteiger charge is 2.38. The summed E-state index contributed by atoms with van der Waals surface area (Å²) in [4.78, 5) is 61.3. The van der Waals surface area contributed by atoms with Gasteiger partial charge in [-0.25, -0.2) is 4.79 Å². The Morgan fingerprint density at radius 2 is 1.77 bits per heavy atom. The highest BCUT2D eigenvalue weighted by molar-refractivity contribution is 7.80. The molecular weight excluding hydrogens is 416 g/mol. The minimum absolute atomic E-state index is 0.0729. The van der Waals surface area contributed by atoms with Gasteiger partial charge in [-0.2, -0.15) is 12.6 Å². The lowest BCUT2D eigenvalue weighted by Gasteiger charge is -2.29. The molecular formula is C18H30N4O7S. The number of aliphatic carboxylic acids is 2. The Bertz CT molecular complexity index is 673. The summed E-state index contributed by atoms with van der Waals surface area (Å²) in [5.41, 5.74) is 5.62. The number of carbonyl (C=O) groups excluding carboxylic acids is 3. The van der Waals surface area contributed by atoms with Gasteiger partial charge in [0.2, 0.25) is 17.7 Å². The van der Waals surface area contributed by atoms with Crippen molar-refractivity contribution in [1.82, 2.24) is 15.5 Å². The number of likely N-dealkylation sites (tertiary alicyclic amines) is 1. The Labute approximate surface area is 180 Å². The van der Waals surface area contributed by atoms with Crippen molar-refractivity contribution >= 4 is 42.3 Å². The van der Waals surface area contributed by atoms with Gasteiger partial charge in [0.05, 0.1) is 6.04 Å². The fourth-order valence-corrected chi connectivity index (χ4v) is 3.32. The van der Waals surface area contributed by atoms with E-state index in [9.17, 15) is 29.1 Å². The van der Waals surface area contributed by atoms with Gasteiger partial charge in [0.25, 0.3) is 0 Å². The average Bonchev–Trinajstić information content (AvgIpc) is 3.17. The molecule has 1 aliphatic heterocycles. The monoisotopic (exact) mass is 446 g/mol. The second-order valence-corrected chi connectivity index (χ2v) is 7.91. The molecule has 3 amide bonds. The highest BCUT2D eigenvalue weighted by Crippen LogP contribution is 2.20. The van der Waals surface area contributed by atoms with E-state index in [2.05, 4.69) is 23.3 Å². The van der Waals surface area contributed by atoms with Gasteiger partial charge in [-0.05, 0) is 25.2 Å². The molecule has 30 heavy (non-hydrogen) atoms. The van der Waals surface area contributed by atoms with E-state index >= 15 is 0 Å². The number of carbonyl (C=O) groups is 5. The number of carboxylic acid groups (broad SMARTS) is 2. The molecule has 0 spiro atoms. The summed E-state index contributed by atoms with van der Waals surface area (Å²) in [6.45, 7) is 3.58. The van der Waals surface area contributed by atoms with Crippen molar-refractivity contribution < 1.29 is 34.2 Å². The molecule has 11 nitrogen and oxygen atoms in total. The molecule has 1 rings (SSSR count). The fourth-order valence-electron chi connectivity index (χ4n) is 3.15. The van der Waals surface area contributed by atoms with Crippen LogP contribution >= 0.6 is 12.6 Å². The van der Waals surface area contributed by atoms with Crippen LogP contribution in [0.5, 0.6) is 0 Å². The molecule has 0 aromatic heterocycles. The van der Waals surface area contributed by atoms with E-state index < -0.39 is 60.2 Å². The topological polar surface area (TPSA) is 179 Å². The number of thiol groups is 1. The number of nitrogens with two attached hydrogens (primary N) is 1. The van der Waals surface area contributed by atoms with Gasteiger partial charge >= 0.3 is 11.9 Å². The number of rotatable bonds is 11. The predicted octanol–water partition coefficient (Wildman–Crippen LogP) is -1.19. The lowest BCUT2D eigenvalue weighted by Crippen LogP contribution is -2.58. The Hall–Kier alpha value is -2.34. The molecule has 0 aromatic carbocycles. The summed E-state index contributed by atoms with van der Waals surface area (Å²) in [6, 6.07) is -4.19. The van der Waals surface area contributed by atoms with Crippen LogP contribution in [0.2, 0.25) is 0 Å². The van der Waals surface area contributed by atoms with Gasteiger partial charge in [-0.3, -0.25) is 19.2 Å². The Morgan fingerprint density at radius 3 is 2.27 bits per heavy atom. The maximum Gasteiger partial charge on any atom is 0.326 e. The van der Waals surface area contributed by atoms with Crippen LogP contribution in [0.25, 0.3) is 0 Å². The second-order valence-electron chi connectivity index (χ2n) is 7.54. The van der Waals surface area contributed by atoms with Gasteiger partial charge in [0.1, 0.15) is 18.1 Å². The summed E-state index contributed by atoms with van der Waals surface area (Å²) < 4.78 is 0. The van der Waals surface area contributed by atoms with Crippen LogP contribution in [0.3, 0.4) is 0 Å². The maximum absolute atomic E-state index is 12.9. The van der Waals surface area contributed by atoms with E-state index in [-0.39, 0.29) is 31.1 Å². The number of nitrogens with zero attached hydrogens (tertiary/aromatic N) is 1. The lowest BCUT2D eigenvalue weighted by molar-refractivity contribution is -0.150. The van der Waals surface area contributed by atoms with Crippen LogP contribution in [-0.4, -0.2) is 81.2 Å². The number of hydrogen-bond donors (Lipinski definition) is 6. The van der Waals surface area contributed by atoms with Crippen LogP contribution in [0.4, 0.5) is 0 Å². The third-order valence-electron chi connectivity index (χ3n) is 4.86. The van der Waals surface area contributed by atoms with Gasteiger partial charge in [0, 0.05) is 18.7 Å². The van der Waals surface area contributed by atoms with E-state index in [4.69, 9.17) is 10.8 Å². The summed E-state index contributed by atoms with van der Waals surface area (Å²) in [6.07, 6.45) is 0.171. The summed E-state index contributed by atoms with van der Waals surface area (Å²) in [5, 5.41) is 23.3. The molecule has 1 saturated heterocycles. The molecule has 6 N–H and O–H groups in total. The Morgan fingerprint density at radius 1 is 1.13 bits per heavy atom.